The number of nitrogens with zero attached hydrogens (tertiary/aromatic N) is 3. The Kier molecular flexibility index (Phi) is 6.17. The van der Waals surface area contributed by atoms with Gasteiger partial charge in [-0.15, -0.1) is 12.4 Å². The first-order valence-corrected chi connectivity index (χ1v) is 9.37. The van der Waals surface area contributed by atoms with E-state index in [0.717, 1.165) is 29.1 Å². The molecule has 2 heterocycles. The van der Waals surface area contributed by atoms with Crippen molar-refractivity contribution in [1.29, 1.82) is 0 Å². The van der Waals surface area contributed by atoms with E-state index in [2.05, 4.69) is 25.2 Å². The van der Waals surface area contributed by atoms with Crippen LogP contribution in [-0.4, -0.2) is 46.3 Å². The van der Waals surface area contributed by atoms with Crippen molar-refractivity contribution in [2.45, 2.75) is 19.9 Å². The van der Waals surface area contributed by atoms with Crippen molar-refractivity contribution in [1.82, 2.24) is 20.0 Å². The van der Waals surface area contributed by atoms with Gasteiger partial charge in [-0.05, 0) is 31.5 Å². The second-order valence-corrected chi connectivity index (χ2v) is 7.09. The zero-order valence-corrected chi connectivity index (χ0v) is 16.9. The minimum Gasteiger partial charge on any atom is -0.336 e. The predicted octanol–water partition coefficient (Wildman–Crippen LogP) is 3.70. The van der Waals surface area contributed by atoms with Gasteiger partial charge in [-0.2, -0.15) is 5.10 Å². The van der Waals surface area contributed by atoms with Crippen molar-refractivity contribution in [2.75, 3.05) is 19.6 Å². The summed E-state index contributed by atoms with van der Waals surface area (Å²) in [6.45, 7) is 6.40. The minimum atomic E-state index is 0. The topological polar surface area (TPSA) is 50.2 Å². The molecule has 0 bridgehead atoms. The van der Waals surface area contributed by atoms with Crippen molar-refractivity contribution in [3.8, 4) is 16.9 Å². The SMILES string of the molecule is Cc1ccccc1-c1nn(-c2ccccc2)cc1C(=O)N1CCNC(C)C1.Cl. The molecule has 0 radical (unpaired) electrons. The summed E-state index contributed by atoms with van der Waals surface area (Å²) in [6, 6.07) is 18.3. The molecule has 0 saturated carbocycles. The lowest BCUT2D eigenvalue weighted by molar-refractivity contribution is 0.0710. The van der Waals surface area contributed by atoms with E-state index in [-0.39, 0.29) is 18.3 Å². The van der Waals surface area contributed by atoms with Gasteiger partial charge in [0.25, 0.3) is 5.91 Å². The Hall–Kier alpha value is -2.63. The molecule has 1 fully saturated rings. The number of amides is 1. The summed E-state index contributed by atoms with van der Waals surface area (Å²) in [6.07, 6.45) is 1.87. The molecule has 2 aromatic carbocycles. The molecule has 1 aliphatic heterocycles. The number of rotatable bonds is 3. The number of hydrogen-bond acceptors (Lipinski definition) is 3. The van der Waals surface area contributed by atoms with Crippen LogP contribution in [-0.2, 0) is 0 Å². The maximum atomic E-state index is 13.3. The van der Waals surface area contributed by atoms with Gasteiger partial charge in [0.05, 0.1) is 11.3 Å². The van der Waals surface area contributed by atoms with Crippen LogP contribution in [0.2, 0.25) is 0 Å². The standard InChI is InChI=1S/C22H24N4O.ClH/c1-16-8-6-7-11-19(16)21-20(22(27)25-13-12-23-17(2)14-25)15-26(24-21)18-9-4-3-5-10-18;/h3-11,15,17,23H,12-14H2,1-2H3;1H. The van der Waals surface area contributed by atoms with Crippen LogP contribution in [0.25, 0.3) is 16.9 Å². The smallest absolute Gasteiger partial charge is 0.257 e. The number of hydrogen-bond donors (Lipinski definition) is 1. The van der Waals surface area contributed by atoms with E-state index < -0.39 is 0 Å². The van der Waals surface area contributed by atoms with Crippen molar-refractivity contribution in [3.63, 3.8) is 0 Å². The zero-order chi connectivity index (χ0) is 18.8. The van der Waals surface area contributed by atoms with Gasteiger partial charge < -0.3 is 10.2 Å². The van der Waals surface area contributed by atoms with E-state index in [1.807, 2.05) is 59.6 Å². The van der Waals surface area contributed by atoms with E-state index >= 15 is 0 Å². The number of halogens is 1. The van der Waals surface area contributed by atoms with Crippen LogP contribution in [0.15, 0.2) is 60.8 Å². The van der Waals surface area contributed by atoms with Crippen LogP contribution in [0.3, 0.4) is 0 Å². The van der Waals surface area contributed by atoms with Gasteiger partial charge in [-0.3, -0.25) is 4.79 Å². The number of aromatic nitrogens is 2. The Bertz CT molecular complexity index is 954. The summed E-state index contributed by atoms with van der Waals surface area (Å²) >= 11 is 0. The Morgan fingerprint density at radius 3 is 2.54 bits per heavy atom. The molecule has 1 unspecified atom stereocenters. The van der Waals surface area contributed by atoms with Gasteiger partial charge in [0.15, 0.2) is 0 Å². The maximum absolute atomic E-state index is 13.3. The van der Waals surface area contributed by atoms with Gasteiger partial charge in [0, 0.05) is 37.4 Å². The molecule has 1 amide bonds. The molecule has 1 aromatic heterocycles. The molecular weight excluding hydrogens is 372 g/mol. The predicted molar refractivity (Wildman–Crippen MR) is 114 cm³/mol. The summed E-state index contributed by atoms with van der Waals surface area (Å²) in [5, 5.41) is 8.19. The molecule has 0 spiro atoms. The highest BCUT2D eigenvalue weighted by Crippen LogP contribution is 2.28. The minimum absolute atomic E-state index is 0. The largest absolute Gasteiger partial charge is 0.336 e. The highest BCUT2D eigenvalue weighted by molar-refractivity contribution is 6.00. The monoisotopic (exact) mass is 396 g/mol. The van der Waals surface area contributed by atoms with E-state index in [4.69, 9.17) is 5.10 Å². The van der Waals surface area contributed by atoms with Crippen LogP contribution >= 0.6 is 12.4 Å². The number of aryl methyl sites for hydroxylation is 1. The van der Waals surface area contributed by atoms with E-state index in [9.17, 15) is 4.79 Å². The number of benzene rings is 2. The third kappa shape index (κ3) is 3.96. The molecule has 1 aliphatic rings. The maximum Gasteiger partial charge on any atom is 0.257 e. The lowest BCUT2D eigenvalue weighted by Gasteiger charge is -2.31. The number of carbonyl (C=O) groups is 1. The van der Waals surface area contributed by atoms with E-state index in [1.54, 1.807) is 4.68 Å². The number of carbonyl (C=O) groups excluding carboxylic acids is 1. The fourth-order valence-electron chi connectivity index (χ4n) is 3.57. The third-order valence-electron chi connectivity index (χ3n) is 5.02. The average Bonchev–Trinajstić information content (AvgIpc) is 3.13. The Morgan fingerprint density at radius 2 is 1.82 bits per heavy atom. The Morgan fingerprint density at radius 1 is 1.11 bits per heavy atom. The molecule has 0 aliphatic carbocycles. The molecule has 146 valence electrons. The van der Waals surface area contributed by atoms with Gasteiger partial charge in [-0.1, -0.05) is 42.5 Å². The van der Waals surface area contributed by atoms with Crippen LogP contribution in [0.1, 0.15) is 22.8 Å². The highest BCUT2D eigenvalue weighted by atomic mass is 35.5. The van der Waals surface area contributed by atoms with E-state index in [0.29, 0.717) is 24.7 Å². The number of piperazine rings is 1. The summed E-state index contributed by atoms with van der Waals surface area (Å²) in [4.78, 5) is 15.3. The van der Waals surface area contributed by atoms with Gasteiger partial charge in [0.1, 0.15) is 5.69 Å². The van der Waals surface area contributed by atoms with Gasteiger partial charge in [-0.25, -0.2) is 4.68 Å². The summed E-state index contributed by atoms with van der Waals surface area (Å²) < 4.78 is 1.81. The average molecular weight is 397 g/mol. The van der Waals surface area contributed by atoms with Gasteiger partial charge in [0.2, 0.25) is 0 Å². The Labute approximate surface area is 171 Å². The molecule has 6 heteroatoms. The first-order valence-electron chi connectivity index (χ1n) is 9.37. The van der Waals surface area contributed by atoms with Crippen LogP contribution in [0.4, 0.5) is 0 Å². The lowest BCUT2D eigenvalue weighted by atomic mass is 10.0. The van der Waals surface area contributed by atoms with Crippen molar-refractivity contribution in [3.05, 3.63) is 71.9 Å². The summed E-state index contributed by atoms with van der Waals surface area (Å²) in [7, 11) is 0. The fourth-order valence-corrected chi connectivity index (χ4v) is 3.57. The summed E-state index contributed by atoms with van der Waals surface area (Å²) in [5.41, 5.74) is 4.45. The number of nitrogens with one attached hydrogen (secondary N) is 1. The van der Waals surface area contributed by atoms with Crippen molar-refractivity contribution >= 4 is 18.3 Å². The first kappa shape index (κ1) is 20.1. The molecule has 28 heavy (non-hydrogen) atoms. The second kappa shape index (κ2) is 8.59. The van der Waals surface area contributed by atoms with Crippen molar-refractivity contribution in [2.24, 2.45) is 0 Å². The molecule has 1 saturated heterocycles. The normalized spacial score (nSPS) is 16.5. The fraction of sp³-hybridized carbons (Fsp3) is 0.273. The zero-order valence-electron chi connectivity index (χ0n) is 16.1. The second-order valence-electron chi connectivity index (χ2n) is 7.09. The molecule has 5 nitrogen and oxygen atoms in total. The van der Waals surface area contributed by atoms with E-state index in [1.165, 1.54) is 0 Å². The quantitative estimate of drug-likeness (QED) is 0.734. The Balaban J connectivity index is 0.00000225. The lowest BCUT2D eigenvalue weighted by Crippen LogP contribution is -2.51. The van der Waals surface area contributed by atoms with Crippen LogP contribution in [0.5, 0.6) is 0 Å². The molecule has 1 N–H and O–H groups in total. The van der Waals surface area contributed by atoms with Crippen molar-refractivity contribution < 1.29 is 4.79 Å². The number of para-hydroxylation sites is 1. The molecule has 3 aromatic rings. The highest BCUT2D eigenvalue weighted by Gasteiger charge is 2.26. The van der Waals surface area contributed by atoms with Gasteiger partial charge >= 0.3 is 0 Å². The third-order valence-corrected chi connectivity index (χ3v) is 5.02. The molecular formula is C22H25ClN4O. The summed E-state index contributed by atoms with van der Waals surface area (Å²) in [5.74, 6) is 0.0452. The first-order chi connectivity index (χ1) is 13.1. The molecule has 4 rings (SSSR count). The van der Waals surface area contributed by atoms with Crippen LogP contribution in [0, 0.1) is 6.92 Å². The molecule has 1 atom stereocenters. The van der Waals surface area contributed by atoms with Crippen LogP contribution < -0.4 is 5.32 Å².